The molecule has 1 aromatic heterocycles. The lowest BCUT2D eigenvalue weighted by molar-refractivity contribution is -0.157. The Hall–Kier alpha value is -3.12. The third-order valence-corrected chi connectivity index (χ3v) is 5.60. The van der Waals surface area contributed by atoms with Crippen LogP contribution >= 0.6 is 0 Å². The largest absolute Gasteiger partial charge is 0.460 e. The Labute approximate surface area is 229 Å². The van der Waals surface area contributed by atoms with Crippen LogP contribution in [0.2, 0.25) is 0 Å². The van der Waals surface area contributed by atoms with Crippen LogP contribution < -0.4 is 0 Å². The minimum absolute atomic E-state index is 0.0914. The molecule has 0 saturated carbocycles. The number of benzene rings is 1. The van der Waals surface area contributed by atoms with Crippen molar-refractivity contribution >= 4 is 11.8 Å². The van der Waals surface area contributed by atoms with Gasteiger partial charge in [-0.25, -0.2) is 0 Å². The molecule has 0 aliphatic carbocycles. The van der Waals surface area contributed by atoms with Gasteiger partial charge in [0, 0.05) is 25.3 Å². The zero-order valence-corrected chi connectivity index (χ0v) is 23.7. The Morgan fingerprint density at radius 2 is 1.72 bits per heavy atom. The van der Waals surface area contributed by atoms with Gasteiger partial charge in [-0.2, -0.15) is 18.3 Å². The molecular formula is C30H39F3N2O4. The van der Waals surface area contributed by atoms with Crippen molar-refractivity contribution in [1.82, 2.24) is 9.78 Å². The van der Waals surface area contributed by atoms with Crippen LogP contribution in [0.25, 0.3) is 0 Å². The number of halogens is 3. The van der Waals surface area contributed by atoms with E-state index in [0.717, 1.165) is 5.56 Å². The van der Waals surface area contributed by atoms with Gasteiger partial charge in [-0.15, -0.1) is 0 Å². The molecule has 0 bridgehead atoms. The summed E-state index contributed by atoms with van der Waals surface area (Å²) in [7, 11) is 0. The van der Waals surface area contributed by atoms with E-state index in [0.29, 0.717) is 26.1 Å². The molecular weight excluding hydrogens is 509 g/mol. The second-order valence-corrected chi connectivity index (χ2v) is 11.7. The predicted molar refractivity (Wildman–Crippen MR) is 142 cm³/mol. The molecule has 0 fully saturated rings. The number of ketones is 1. The lowest BCUT2D eigenvalue weighted by Crippen LogP contribution is -2.27. The number of ether oxygens (including phenoxy) is 2. The van der Waals surface area contributed by atoms with Crippen molar-refractivity contribution in [2.24, 2.45) is 11.3 Å². The number of aromatic nitrogens is 2. The summed E-state index contributed by atoms with van der Waals surface area (Å²) >= 11 is 0. The van der Waals surface area contributed by atoms with Gasteiger partial charge in [0.25, 0.3) is 0 Å². The third kappa shape index (κ3) is 12.5. The molecule has 0 N–H and O–H groups in total. The van der Waals surface area contributed by atoms with E-state index in [1.807, 2.05) is 51.1 Å². The van der Waals surface area contributed by atoms with E-state index < -0.39 is 35.1 Å². The van der Waals surface area contributed by atoms with Gasteiger partial charge >= 0.3 is 12.1 Å². The molecule has 1 aromatic carbocycles. The van der Waals surface area contributed by atoms with E-state index in [1.54, 1.807) is 20.8 Å². The van der Waals surface area contributed by atoms with E-state index >= 15 is 0 Å². The van der Waals surface area contributed by atoms with Crippen molar-refractivity contribution in [2.75, 3.05) is 6.61 Å². The Bertz CT molecular complexity index is 1150. The Balaban J connectivity index is 2.14. The Kier molecular flexibility index (Phi) is 11.3. The maximum atomic E-state index is 13.6. The standard InChI is InChI=1S/C30H39F3N2O4/c1-28(2,3)16-17-35-20-24(27(34-35)30(31,32)33)14-15-25(36)23(19-26(37)39-29(4,5)6)13-10-18-38-21-22-11-8-7-9-12-22/h7-9,11-12,20,23H,10,13,16-19,21H2,1-6H3/t23-/m0/s1. The quantitative estimate of drug-likeness (QED) is 0.180. The van der Waals surface area contributed by atoms with E-state index in [2.05, 4.69) is 16.9 Å². The van der Waals surface area contributed by atoms with Gasteiger partial charge in [0.2, 0.25) is 5.78 Å². The summed E-state index contributed by atoms with van der Waals surface area (Å²) in [5.74, 6) is 2.69. The summed E-state index contributed by atoms with van der Waals surface area (Å²) in [6.45, 7) is 12.1. The number of hydrogen-bond donors (Lipinski definition) is 0. The summed E-state index contributed by atoms with van der Waals surface area (Å²) in [6.07, 6.45) is -2.37. The van der Waals surface area contributed by atoms with E-state index in [4.69, 9.17) is 9.47 Å². The molecule has 0 saturated heterocycles. The normalized spacial score (nSPS) is 12.9. The Morgan fingerprint density at radius 3 is 2.31 bits per heavy atom. The van der Waals surface area contributed by atoms with Crippen LogP contribution in [0.3, 0.4) is 0 Å². The fourth-order valence-corrected chi connectivity index (χ4v) is 3.62. The molecule has 0 unspecified atom stereocenters. The van der Waals surface area contributed by atoms with Gasteiger partial charge < -0.3 is 9.47 Å². The van der Waals surface area contributed by atoms with E-state index in [9.17, 15) is 22.8 Å². The molecule has 1 atom stereocenters. The average Bonchev–Trinajstić information content (AvgIpc) is 3.23. The molecule has 0 amide bonds. The second kappa shape index (κ2) is 13.8. The monoisotopic (exact) mass is 548 g/mol. The number of rotatable bonds is 11. The smallest absolute Gasteiger partial charge is 0.436 e. The first kappa shape index (κ1) is 32.1. The minimum Gasteiger partial charge on any atom is -0.460 e. The van der Waals surface area contributed by atoms with Crippen LogP contribution in [-0.2, 0) is 38.4 Å². The molecule has 0 spiro atoms. The van der Waals surface area contributed by atoms with Gasteiger partial charge in [0.05, 0.1) is 18.6 Å². The van der Waals surface area contributed by atoms with Crippen LogP contribution in [0.15, 0.2) is 36.5 Å². The molecule has 0 radical (unpaired) electrons. The van der Waals surface area contributed by atoms with Gasteiger partial charge in [-0.05, 0) is 56.9 Å². The van der Waals surface area contributed by atoms with Gasteiger partial charge in [-0.3, -0.25) is 14.3 Å². The van der Waals surface area contributed by atoms with Crippen molar-refractivity contribution in [1.29, 1.82) is 0 Å². The van der Waals surface area contributed by atoms with Crippen LogP contribution in [0, 0.1) is 23.2 Å². The molecule has 0 aliphatic rings. The van der Waals surface area contributed by atoms with E-state index in [-0.39, 0.29) is 30.4 Å². The van der Waals surface area contributed by atoms with Crippen molar-refractivity contribution < 1.29 is 32.2 Å². The topological polar surface area (TPSA) is 70.4 Å². The number of nitrogens with zero attached hydrogens (tertiary/aromatic N) is 2. The summed E-state index contributed by atoms with van der Waals surface area (Å²) in [5.41, 5.74) is -1.32. The Morgan fingerprint density at radius 1 is 1.05 bits per heavy atom. The fourth-order valence-electron chi connectivity index (χ4n) is 3.62. The number of esters is 1. The first-order valence-electron chi connectivity index (χ1n) is 13.1. The number of carbonyl (C=O) groups excluding carboxylic acids is 2. The molecule has 9 heteroatoms. The molecule has 2 rings (SSSR count). The van der Waals surface area contributed by atoms with Gasteiger partial charge in [-0.1, -0.05) is 57.0 Å². The highest BCUT2D eigenvalue weighted by Crippen LogP contribution is 2.31. The molecule has 0 aliphatic heterocycles. The van der Waals surface area contributed by atoms with Crippen LogP contribution in [0.1, 0.15) is 84.0 Å². The number of carbonyl (C=O) groups is 2. The average molecular weight is 549 g/mol. The number of hydrogen-bond acceptors (Lipinski definition) is 5. The third-order valence-electron chi connectivity index (χ3n) is 5.60. The molecule has 1 heterocycles. The van der Waals surface area contributed by atoms with Crippen molar-refractivity contribution in [3.8, 4) is 11.8 Å². The number of Topliss-reactive ketones (excluding diaryl/α,β-unsaturated/α-hetero) is 1. The maximum Gasteiger partial charge on any atom is 0.436 e. The zero-order valence-electron chi connectivity index (χ0n) is 23.7. The summed E-state index contributed by atoms with van der Waals surface area (Å²) in [4.78, 5) is 25.4. The van der Waals surface area contributed by atoms with Crippen molar-refractivity contribution in [3.63, 3.8) is 0 Å². The van der Waals surface area contributed by atoms with Crippen LogP contribution in [0.4, 0.5) is 13.2 Å². The maximum absolute atomic E-state index is 13.6. The summed E-state index contributed by atoms with van der Waals surface area (Å²) < 4.78 is 53.1. The molecule has 214 valence electrons. The van der Waals surface area contributed by atoms with Crippen LogP contribution in [0.5, 0.6) is 0 Å². The molecule has 2 aromatic rings. The predicted octanol–water partition coefficient (Wildman–Crippen LogP) is 6.60. The SMILES string of the molecule is CC(C)(C)CCn1cc(C#CC(=O)[C@@H](CCCOCc2ccccc2)CC(=O)OC(C)(C)C)c(C(F)(F)F)n1. The molecule has 39 heavy (non-hydrogen) atoms. The number of aryl methyl sites for hydroxylation is 1. The van der Waals surface area contributed by atoms with Crippen molar-refractivity contribution in [2.45, 2.75) is 92.2 Å². The fraction of sp³-hybridized carbons (Fsp3) is 0.567. The molecule has 6 nitrogen and oxygen atoms in total. The first-order valence-corrected chi connectivity index (χ1v) is 13.1. The first-order chi connectivity index (χ1) is 18.0. The minimum atomic E-state index is -4.72. The summed E-state index contributed by atoms with van der Waals surface area (Å²) in [6, 6.07) is 9.60. The highest BCUT2D eigenvalue weighted by molar-refractivity contribution is 5.99. The lowest BCUT2D eigenvalue weighted by atomic mass is 9.92. The highest BCUT2D eigenvalue weighted by Gasteiger charge is 2.37. The number of alkyl halides is 3. The lowest BCUT2D eigenvalue weighted by Gasteiger charge is -2.21. The van der Waals surface area contributed by atoms with E-state index in [1.165, 1.54) is 10.9 Å². The van der Waals surface area contributed by atoms with Gasteiger partial charge in [0.15, 0.2) is 5.69 Å². The highest BCUT2D eigenvalue weighted by atomic mass is 19.4. The van der Waals surface area contributed by atoms with Crippen molar-refractivity contribution in [3.05, 3.63) is 53.3 Å². The zero-order chi connectivity index (χ0) is 29.3. The summed E-state index contributed by atoms with van der Waals surface area (Å²) in [5, 5.41) is 3.68. The van der Waals surface area contributed by atoms with Gasteiger partial charge in [0.1, 0.15) is 5.60 Å². The van der Waals surface area contributed by atoms with Crippen LogP contribution in [-0.4, -0.2) is 33.7 Å². The second-order valence-electron chi connectivity index (χ2n) is 11.7.